The van der Waals surface area contributed by atoms with Crippen molar-refractivity contribution in [3.8, 4) is 5.75 Å². The molecule has 0 amide bonds. The SMILES string of the molecule is Br.COc1ccc2cc(Br)ccc2c1. The fraction of sp³-hybridized carbons (Fsp3) is 0.0909. The van der Waals surface area contributed by atoms with Crippen molar-refractivity contribution in [3.05, 3.63) is 40.9 Å². The first-order valence-electron chi connectivity index (χ1n) is 4.03. The zero-order valence-electron chi connectivity index (χ0n) is 7.66. The molecule has 0 N–H and O–H groups in total. The molecule has 0 aromatic heterocycles. The Labute approximate surface area is 102 Å². The van der Waals surface area contributed by atoms with Crippen LogP contribution in [0.25, 0.3) is 10.8 Å². The highest BCUT2D eigenvalue weighted by Gasteiger charge is 1.96. The molecule has 74 valence electrons. The molecule has 0 aliphatic carbocycles. The van der Waals surface area contributed by atoms with Crippen LogP contribution in [-0.4, -0.2) is 7.11 Å². The van der Waals surface area contributed by atoms with E-state index in [2.05, 4.69) is 34.1 Å². The summed E-state index contributed by atoms with van der Waals surface area (Å²) in [5.41, 5.74) is 0. The van der Waals surface area contributed by atoms with Crippen molar-refractivity contribution < 1.29 is 4.74 Å². The summed E-state index contributed by atoms with van der Waals surface area (Å²) in [5, 5.41) is 2.41. The van der Waals surface area contributed by atoms with Crippen LogP contribution in [0.4, 0.5) is 0 Å². The van der Waals surface area contributed by atoms with Crippen molar-refractivity contribution >= 4 is 43.7 Å². The zero-order chi connectivity index (χ0) is 9.26. The molecular formula is C11H10Br2O. The zero-order valence-corrected chi connectivity index (χ0v) is 11.0. The Morgan fingerprint density at radius 2 is 1.64 bits per heavy atom. The van der Waals surface area contributed by atoms with Crippen LogP contribution >= 0.6 is 32.9 Å². The van der Waals surface area contributed by atoms with E-state index in [0.29, 0.717) is 0 Å². The van der Waals surface area contributed by atoms with E-state index in [1.54, 1.807) is 7.11 Å². The first-order chi connectivity index (χ1) is 6.29. The molecule has 0 aliphatic heterocycles. The van der Waals surface area contributed by atoms with E-state index in [4.69, 9.17) is 4.74 Å². The highest BCUT2D eigenvalue weighted by atomic mass is 79.9. The molecule has 0 heterocycles. The van der Waals surface area contributed by atoms with Gasteiger partial charge in [-0.1, -0.05) is 28.1 Å². The second-order valence-electron chi connectivity index (χ2n) is 2.86. The summed E-state index contributed by atoms with van der Waals surface area (Å²) in [4.78, 5) is 0. The van der Waals surface area contributed by atoms with E-state index in [-0.39, 0.29) is 17.0 Å². The standard InChI is InChI=1S/C11H9BrO.BrH/c1-13-11-5-3-8-6-10(12)4-2-9(8)7-11;/h2-7H,1H3;1H. The van der Waals surface area contributed by atoms with Crippen molar-refractivity contribution in [1.29, 1.82) is 0 Å². The van der Waals surface area contributed by atoms with Gasteiger partial charge in [0.25, 0.3) is 0 Å². The molecule has 0 saturated carbocycles. The van der Waals surface area contributed by atoms with Crippen molar-refractivity contribution in [3.63, 3.8) is 0 Å². The minimum absolute atomic E-state index is 0. The Bertz CT molecular complexity index is 440. The van der Waals surface area contributed by atoms with Crippen LogP contribution in [0.2, 0.25) is 0 Å². The van der Waals surface area contributed by atoms with E-state index in [1.807, 2.05) is 18.2 Å². The van der Waals surface area contributed by atoms with Crippen molar-refractivity contribution in [2.75, 3.05) is 7.11 Å². The fourth-order valence-electron chi connectivity index (χ4n) is 1.32. The Morgan fingerprint density at radius 3 is 2.36 bits per heavy atom. The summed E-state index contributed by atoms with van der Waals surface area (Å²) < 4.78 is 6.24. The van der Waals surface area contributed by atoms with Crippen molar-refractivity contribution in [2.45, 2.75) is 0 Å². The van der Waals surface area contributed by atoms with Gasteiger partial charge in [0.2, 0.25) is 0 Å². The summed E-state index contributed by atoms with van der Waals surface area (Å²) in [6.07, 6.45) is 0. The smallest absolute Gasteiger partial charge is 0.119 e. The summed E-state index contributed by atoms with van der Waals surface area (Å²) >= 11 is 3.44. The molecule has 2 aromatic rings. The third-order valence-corrected chi connectivity index (χ3v) is 2.50. The number of methoxy groups -OCH3 is 1. The lowest BCUT2D eigenvalue weighted by Crippen LogP contribution is -1.81. The normalized spacial score (nSPS) is 9.57. The van der Waals surface area contributed by atoms with Crippen LogP contribution < -0.4 is 4.74 Å². The van der Waals surface area contributed by atoms with Gasteiger partial charge >= 0.3 is 0 Å². The second-order valence-corrected chi connectivity index (χ2v) is 3.77. The quantitative estimate of drug-likeness (QED) is 0.766. The number of hydrogen-bond donors (Lipinski definition) is 0. The first-order valence-corrected chi connectivity index (χ1v) is 4.82. The molecule has 2 rings (SSSR count). The maximum Gasteiger partial charge on any atom is 0.119 e. The molecular weight excluding hydrogens is 308 g/mol. The molecule has 0 unspecified atom stereocenters. The Kier molecular flexibility index (Phi) is 3.96. The largest absolute Gasteiger partial charge is 0.497 e. The molecule has 0 bridgehead atoms. The predicted molar refractivity (Wildman–Crippen MR) is 68.5 cm³/mol. The molecule has 0 saturated heterocycles. The van der Waals surface area contributed by atoms with Gasteiger partial charge in [-0.2, -0.15) is 0 Å². The number of hydrogen-bond acceptors (Lipinski definition) is 1. The highest BCUT2D eigenvalue weighted by Crippen LogP contribution is 2.23. The predicted octanol–water partition coefficient (Wildman–Crippen LogP) is 4.19. The lowest BCUT2D eigenvalue weighted by atomic mass is 10.1. The minimum atomic E-state index is 0. The molecule has 0 fully saturated rings. The lowest BCUT2D eigenvalue weighted by Gasteiger charge is -2.02. The van der Waals surface area contributed by atoms with Crippen molar-refractivity contribution in [1.82, 2.24) is 0 Å². The monoisotopic (exact) mass is 316 g/mol. The molecule has 0 radical (unpaired) electrons. The van der Waals surface area contributed by atoms with Crippen LogP contribution in [0.1, 0.15) is 0 Å². The summed E-state index contributed by atoms with van der Waals surface area (Å²) in [6, 6.07) is 12.2. The summed E-state index contributed by atoms with van der Waals surface area (Å²) in [6.45, 7) is 0. The summed E-state index contributed by atoms with van der Waals surface area (Å²) in [5.74, 6) is 0.898. The first kappa shape index (κ1) is 11.5. The number of rotatable bonds is 1. The van der Waals surface area contributed by atoms with Crippen LogP contribution in [0.15, 0.2) is 40.9 Å². The Hall–Kier alpha value is -0.540. The topological polar surface area (TPSA) is 9.23 Å². The lowest BCUT2D eigenvalue weighted by molar-refractivity contribution is 0.415. The molecule has 3 heteroatoms. The van der Waals surface area contributed by atoms with Crippen LogP contribution in [-0.2, 0) is 0 Å². The van der Waals surface area contributed by atoms with Gasteiger partial charge in [0.1, 0.15) is 5.75 Å². The third-order valence-electron chi connectivity index (χ3n) is 2.01. The summed E-state index contributed by atoms with van der Waals surface area (Å²) in [7, 11) is 1.68. The maximum absolute atomic E-state index is 5.14. The van der Waals surface area contributed by atoms with Crippen LogP contribution in [0, 0.1) is 0 Å². The molecule has 0 aliphatic rings. The van der Waals surface area contributed by atoms with E-state index in [0.717, 1.165) is 10.2 Å². The number of benzene rings is 2. The van der Waals surface area contributed by atoms with Crippen LogP contribution in [0.5, 0.6) is 5.75 Å². The fourth-order valence-corrected chi connectivity index (χ4v) is 1.70. The Balaban J connectivity index is 0.000000980. The minimum Gasteiger partial charge on any atom is -0.497 e. The number of halogens is 2. The molecule has 0 spiro atoms. The van der Waals surface area contributed by atoms with Gasteiger partial charge in [0, 0.05) is 4.47 Å². The van der Waals surface area contributed by atoms with Gasteiger partial charge in [-0.25, -0.2) is 0 Å². The van der Waals surface area contributed by atoms with E-state index in [1.165, 1.54) is 10.8 Å². The molecule has 0 atom stereocenters. The van der Waals surface area contributed by atoms with Gasteiger partial charge < -0.3 is 4.74 Å². The highest BCUT2D eigenvalue weighted by molar-refractivity contribution is 9.10. The maximum atomic E-state index is 5.14. The van der Waals surface area contributed by atoms with Gasteiger partial charge in [-0.15, -0.1) is 17.0 Å². The third kappa shape index (κ3) is 2.28. The average Bonchev–Trinajstić information content (AvgIpc) is 2.17. The average molecular weight is 318 g/mol. The molecule has 2 aromatic carbocycles. The van der Waals surface area contributed by atoms with Gasteiger partial charge in [-0.05, 0) is 35.0 Å². The van der Waals surface area contributed by atoms with E-state index in [9.17, 15) is 0 Å². The van der Waals surface area contributed by atoms with Crippen molar-refractivity contribution in [2.24, 2.45) is 0 Å². The van der Waals surface area contributed by atoms with Gasteiger partial charge in [0.15, 0.2) is 0 Å². The van der Waals surface area contributed by atoms with Crippen LogP contribution in [0.3, 0.4) is 0 Å². The molecule has 1 nitrogen and oxygen atoms in total. The van der Waals surface area contributed by atoms with Gasteiger partial charge in [0.05, 0.1) is 7.11 Å². The van der Waals surface area contributed by atoms with E-state index < -0.39 is 0 Å². The number of ether oxygens (including phenoxy) is 1. The second kappa shape index (κ2) is 4.80. The Morgan fingerprint density at radius 1 is 1.00 bits per heavy atom. The van der Waals surface area contributed by atoms with Gasteiger partial charge in [-0.3, -0.25) is 0 Å². The number of fused-ring (bicyclic) bond motifs is 1. The molecule has 14 heavy (non-hydrogen) atoms. The van der Waals surface area contributed by atoms with E-state index >= 15 is 0 Å².